The standard InChI is InChI=1S/C70H135NO4/c1-3-5-7-9-11-13-15-17-19-21-23-25-27-28-29-30-31-32-33-34-35-36-37-38-39-40-41-42-43-45-47-49-51-53-55-57-59-61-63-65-69(74)71-67(66-72)70(75)68(73)64-62-60-58-56-54-52-50-48-46-44-26-24-22-20-18-16-14-12-10-8-6-4-2/h31-32,34-35,56,58,67-68,70,72-73,75H,3-30,33,36-55,57,59-66H2,1-2H3,(H,71,74)/b32-31-,35-34-,58-56+. The molecule has 0 spiro atoms. The summed E-state index contributed by atoms with van der Waals surface area (Å²) in [6.45, 7) is 4.22. The molecular formula is C70H135NO4. The quantitative estimate of drug-likeness (QED) is 0.0361. The summed E-state index contributed by atoms with van der Waals surface area (Å²) in [5, 5.41) is 33.9. The fraction of sp³-hybridized carbons (Fsp3) is 0.900. The molecule has 3 unspecified atom stereocenters. The first-order valence-corrected chi connectivity index (χ1v) is 34.3. The summed E-state index contributed by atoms with van der Waals surface area (Å²) in [4.78, 5) is 12.6. The number of rotatable bonds is 64. The molecule has 0 fully saturated rings. The van der Waals surface area contributed by atoms with Crippen LogP contribution in [-0.4, -0.2) is 46.1 Å². The van der Waals surface area contributed by atoms with Crippen LogP contribution in [0, 0.1) is 0 Å². The zero-order chi connectivity index (χ0) is 54.3. The van der Waals surface area contributed by atoms with Crippen LogP contribution in [0.1, 0.15) is 380 Å². The third-order valence-corrected chi connectivity index (χ3v) is 16.2. The highest BCUT2D eigenvalue weighted by Gasteiger charge is 2.26. The lowest BCUT2D eigenvalue weighted by Gasteiger charge is -2.26. The molecule has 0 aliphatic rings. The minimum atomic E-state index is -1.16. The van der Waals surface area contributed by atoms with Crippen molar-refractivity contribution < 1.29 is 20.1 Å². The number of aliphatic hydroxyl groups is 3. The first kappa shape index (κ1) is 73.6. The molecule has 0 saturated carbocycles. The lowest BCUT2D eigenvalue weighted by molar-refractivity contribution is -0.124. The number of amides is 1. The van der Waals surface area contributed by atoms with Gasteiger partial charge < -0.3 is 20.6 Å². The van der Waals surface area contributed by atoms with Gasteiger partial charge in [-0.05, 0) is 70.6 Å². The van der Waals surface area contributed by atoms with Gasteiger partial charge in [0.1, 0.15) is 6.10 Å². The summed E-state index contributed by atoms with van der Waals surface area (Å²) in [5.74, 6) is -0.148. The summed E-state index contributed by atoms with van der Waals surface area (Å²) in [6.07, 6.45) is 86.5. The Morgan fingerprint density at radius 1 is 0.333 bits per heavy atom. The normalized spacial score (nSPS) is 13.3. The Morgan fingerprint density at radius 2 is 0.573 bits per heavy atom. The average Bonchev–Trinajstić information content (AvgIpc) is 3.41. The summed E-state index contributed by atoms with van der Waals surface area (Å²) < 4.78 is 0. The van der Waals surface area contributed by atoms with Gasteiger partial charge in [0.2, 0.25) is 5.91 Å². The van der Waals surface area contributed by atoms with E-state index in [1.54, 1.807) is 0 Å². The van der Waals surface area contributed by atoms with E-state index in [0.29, 0.717) is 12.8 Å². The Kier molecular flexibility index (Phi) is 63.8. The summed E-state index contributed by atoms with van der Waals surface area (Å²) in [5.41, 5.74) is 0. The van der Waals surface area contributed by atoms with Crippen LogP contribution in [0.3, 0.4) is 0 Å². The number of hydrogen-bond acceptors (Lipinski definition) is 4. The molecular weight excluding hydrogens is 919 g/mol. The Labute approximate surface area is 470 Å². The highest BCUT2D eigenvalue weighted by Crippen LogP contribution is 2.19. The van der Waals surface area contributed by atoms with E-state index in [9.17, 15) is 20.1 Å². The van der Waals surface area contributed by atoms with Crippen molar-refractivity contribution in [2.75, 3.05) is 6.61 Å². The van der Waals surface area contributed by atoms with Gasteiger partial charge in [0.15, 0.2) is 0 Å². The number of aliphatic hydroxyl groups excluding tert-OH is 3. The first-order chi connectivity index (χ1) is 37.1. The molecule has 444 valence electrons. The van der Waals surface area contributed by atoms with E-state index < -0.39 is 18.2 Å². The van der Waals surface area contributed by atoms with E-state index in [2.05, 4.69) is 55.6 Å². The number of allylic oxidation sites excluding steroid dienone is 6. The maximum Gasteiger partial charge on any atom is 0.220 e. The molecule has 5 heteroatoms. The van der Waals surface area contributed by atoms with Crippen LogP contribution >= 0.6 is 0 Å². The fourth-order valence-corrected chi connectivity index (χ4v) is 11.0. The van der Waals surface area contributed by atoms with Crippen LogP contribution in [0.5, 0.6) is 0 Å². The van der Waals surface area contributed by atoms with Gasteiger partial charge in [-0.15, -0.1) is 0 Å². The minimum Gasteiger partial charge on any atom is -0.394 e. The molecule has 5 nitrogen and oxygen atoms in total. The van der Waals surface area contributed by atoms with Crippen LogP contribution in [-0.2, 0) is 4.79 Å². The van der Waals surface area contributed by atoms with Crippen molar-refractivity contribution in [3.05, 3.63) is 36.5 Å². The van der Waals surface area contributed by atoms with Crippen LogP contribution in [0.4, 0.5) is 0 Å². The van der Waals surface area contributed by atoms with Crippen molar-refractivity contribution in [1.82, 2.24) is 5.32 Å². The summed E-state index contributed by atoms with van der Waals surface area (Å²) >= 11 is 0. The average molecular weight is 1050 g/mol. The number of carbonyl (C=O) groups is 1. The van der Waals surface area contributed by atoms with Crippen LogP contribution in [0.25, 0.3) is 0 Å². The predicted octanol–water partition coefficient (Wildman–Crippen LogP) is 22.1. The van der Waals surface area contributed by atoms with Gasteiger partial charge in [-0.2, -0.15) is 0 Å². The second-order valence-corrected chi connectivity index (χ2v) is 23.7. The van der Waals surface area contributed by atoms with Crippen molar-refractivity contribution in [1.29, 1.82) is 0 Å². The van der Waals surface area contributed by atoms with Crippen LogP contribution < -0.4 is 5.32 Å². The summed E-state index contributed by atoms with van der Waals surface area (Å²) in [7, 11) is 0. The third kappa shape index (κ3) is 60.1. The molecule has 0 heterocycles. The van der Waals surface area contributed by atoms with Crippen molar-refractivity contribution in [2.45, 2.75) is 398 Å². The van der Waals surface area contributed by atoms with Gasteiger partial charge in [-0.1, -0.05) is 339 Å². The topological polar surface area (TPSA) is 89.8 Å². The Morgan fingerprint density at radius 3 is 0.853 bits per heavy atom. The van der Waals surface area contributed by atoms with Crippen molar-refractivity contribution in [3.8, 4) is 0 Å². The zero-order valence-electron chi connectivity index (χ0n) is 51.0. The Hall–Kier alpha value is -1.43. The molecule has 0 bridgehead atoms. The third-order valence-electron chi connectivity index (χ3n) is 16.2. The lowest BCUT2D eigenvalue weighted by atomic mass is 10.0. The smallest absolute Gasteiger partial charge is 0.220 e. The van der Waals surface area contributed by atoms with Gasteiger partial charge in [0.05, 0.1) is 18.8 Å². The molecule has 0 aromatic heterocycles. The molecule has 0 aromatic rings. The monoisotopic (exact) mass is 1050 g/mol. The number of hydrogen-bond donors (Lipinski definition) is 4. The molecule has 0 aliphatic carbocycles. The second-order valence-electron chi connectivity index (χ2n) is 23.7. The largest absolute Gasteiger partial charge is 0.394 e. The highest BCUT2D eigenvalue weighted by atomic mass is 16.3. The van der Waals surface area contributed by atoms with E-state index in [1.165, 1.54) is 308 Å². The lowest BCUT2D eigenvalue weighted by Crippen LogP contribution is -2.50. The van der Waals surface area contributed by atoms with Crippen molar-refractivity contribution in [2.24, 2.45) is 0 Å². The summed E-state index contributed by atoms with van der Waals surface area (Å²) in [6, 6.07) is -0.827. The minimum absolute atomic E-state index is 0.148. The maximum absolute atomic E-state index is 12.6. The number of carbonyl (C=O) groups excluding carboxylic acids is 1. The van der Waals surface area contributed by atoms with E-state index in [1.807, 2.05) is 0 Å². The van der Waals surface area contributed by atoms with Gasteiger partial charge in [0, 0.05) is 6.42 Å². The van der Waals surface area contributed by atoms with Gasteiger partial charge in [-0.3, -0.25) is 4.79 Å². The molecule has 0 aliphatic heterocycles. The molecule has 0 radical (unpaired) electrons. The van der Waals surface area contributed by atoms with Gasteiger partial charge in [0.25, 0.3) is 0 Å². The molecule has 4 N–H and O–H groups in total. The fourth-order valence-electron chi connectivity index (χ4n) is 11.0. The molecule has 1 amide bonds. The Bertz CT molecular complexity index is 1170. The SMILES string of the molecule is CCCCCCCCCCCCCCCCC/C=C\C/C=C\CCCCCCCCCCCCCCCCCCCC(=O)NC(CO)C(O)C(O)CCC/C=C/CCCCCCCCCCCCCCCCCCC. The highest BCUT2D eigenvalue weighted by molar-refractivity contribution is 5.76. The predicted molar refractivity (Wildman–Crippen MR) is 333 cm³/mol. The van der Waals surface area contributed by atoms with E-state index in [-0.39, 0.29) is 12.5 Å². The molecule has 75 heavy (non-hydrogen) atoms. The molecule has 0 rings (SSSR count). The van der Waals surface area contributed by atoms with Gasteiger partial charge >= 0.3 is 0 Å². The van der Waals surface area contributed by atoms with Crippen molar-refractivity contribution >= 4 is 5.91 Å². The van der Waals surface area contributed by atoms with Crippen molar-refractivity contribution in [3.63, 3.8) is 0 Å². The van der Waals surface area contributed by atoms with Crippen LogP contribution in [0.15, 0.2) is 36.5 Å². The second kappa shape index (κ2) is 65.1. The Balaban J connectivity index is 3.48. The molecule has 3 atom stereocenters. The number of nitrogens with one attached hydrogen (secondary N) is 1. The first-order valence-electron chi connectivity index (χ1n) is 34.3. The maximum atomic E-state index is 12.6. The molecule has 0 saturated heterocycles. The van der Waals surface area contributed by atoms with E-state index in [4.69, 9.17) is 0 Å². The van der Waals surface area contributed by atoms with E-state index in [0.717, 1.165) is 44.9 Å². The molecule has 0 aromatic carbocycles. The van der Waals surface area contributed by atoms with Gasteiger partial charge in [-0.25, -0.2) is 0 Å². The van der Waals surface area contributed by atoms with Crippen LogP contribution in [0.2, 0.25) is 0 Å². The van der Waals surface area contributed by atoms with E-state index >= 15 is 0 Å². The zero-order valence-corrected chi connectivity index (χ0v) is 51.0. The number of unbranched alkanes of at least 4 members (excludes halogenated alkanes) is 50.